The van der Waals surface area contributed by atoms with E-state index in [2.05, 4.69) is 35.2 Å². The average Bonchev–Trinajstić information content (AvgIpc) is 2.91. The van der Waals surface area contributed by atoms with Crippen LogP contribution in [-0.4, -0.2) is 30.5 Å². The van der Waals surface area contributed by atoms with Crippen molar-refractivity contribution in [3.05, 3.63) is 65.7 Å². The average molecular weight is 337 g/mol. The predicted molar refractivity (Wildman–Crippen MR) is 101 cm³/mol. The summed E-state index contributed by atoms with van der Waals surface area (Å²) in [5, 5.41) is 0. The Morgan fingerprint density at radius 1 is 1.08 bits per heavy atom. The second-order valence-electron chi connectivity index (χ2n) is 6.70. The molecule has 1 amide bonds. The molecule has 0 spiro atoms. The normalized spacial score (nSPS) is 17.8. The number of carbonyl (C=O) groups excluding carboxylic acids is 1. The molecule has 3 heteroatoms. The molecule has 3 rings (SSSR count). The minimum Gasteiger partial charge on any atom is -0.494 e. The molecular weight excluding hydrogens is 310 g/mol. The Hall–Kier alpha value is -2.29. The van der Waals surface area contributed by atoms with Gasteiger partial charge in [-0.15, -0.1) is 0 Å². The van der Waals surface area contributed by atoms with E-state index < -0.39 is 0 Å². The Labute approximate surface area is 150 Å². The smallest absolute Gasteiger partial charge is 0.227 e. The van der Waals surface area contributed by atoms with Crippen LogP contribution in [0.2, 0.25) is 0 Å². The number of benzene rings is 2. The van der Waals surface area contributed by atoms with Crippen molar-refractivity contribution in [2.24, 2.45) is 0 Å². The number of nitrogens with zero attached hydrogens (tertiary/aromatic N) is 1. The highest BCUT2D eigenvalue weighted by molar-refractivity contribution is 5.79. The fourth-order valence-corrected chi connectivity index (χ4v) is 3.52. The van der Waals surface area contributed by atoms with Crippen molar-refractivity contribution in [1.29, 1.82) is 0 Å². The lowest BCUT2D eigenvalue weighted by Gasteiger charge is -2.25. The molecule has 0 bridgehead atoms. The van der Waals surface area contributed by atoms with E-state index in [1.54, 1.807) is 0 Å². The molecule has 0 radical (unpaired) electrons. The first kappa shape index (κ1) is 17.5. The van der Waals surface area contributed by atoms with Gasteiger partial charge in [0.2, 0.25) is 5.91 Å². The van der Waals surface area contributed by atoms with Gasteiger partial charge >= 0.3 is 0 Å². The molecular formula is C22H27NO2. The molecule has 1 aliphatic rings. The number of amides is 1. The third-order valence-corrected chi connectivity index (χ3v) is 4.88. The van der Waals surface area contributed by atoms with Crippen molar-refractivity contribution in [2.75, 3.05) is 19.7 Å². The number of rotatable bonds is 5. The topological polar surface area (TPSA) is 29.5 Å². The molecule has 3 nitrogen and oxygen atoms in total. The Morgan fingerprint density at radius 2 is 1.84 bits per heavy atom. The Balaban J connectivity index is 1.64. The van der Waals surface area contributed by atoms with Gasteiger partial charge in [-0.1, -0.05) is 48.9 Å². The van der Waals surface area contributed by atoms with Gasteiger partial charge in [-0.25, -0.2) is 0 Å². The van der Waals surface area contributed by atoms with Crippen molar-refractivity contribution in [3.8, 4) is 5.75 Å². The van der Waals surface area contributed by atoms with Gasteiger partial charge in [0, 0.05) is 19.0 Å². The highest BCUT2D eigenvalue weighted by atomic mass is 16.5. The second-order valence-corrected chi connectivity index (χ2v) is 6.70. The number of likely N-dealkylation sites (tertiary alicyclic amines) is 1. The lowest BCUT2D eigenvalue weighted by Crippen LogP contribution is -2.35. The largest absolute Gasteiger partial charge is 0.494 e. The van der Waals surface area contributed by atoms with Crippen LogP contribution in [0.1, 0.15) is 43.2 Å². The lowest BCUT2D eigenvalue weighted by atomic mass is 9.94. The van der Waals surface area contributed by atoms with Crippen LogP contribution in [0.4, 0.5) is 0 Å². The monoisotopic (exact) mass is 337 g/mol. The SMILES string of the molecule is CCOc1ccc(CC(=O)N2CCCCC(c3ccccc3)C2)cc1. The maximum Gasteiger partial charge on any atom is 0.227 e. The predicted octanol–water partition coefficient (Wildman–Crippen LogP) is 4.42. The molecule has 132 valence electrons. The van der Waals surface area contributed by atoms with Crippen LogP contribution in [0, 0.1) is 0 Å². The summed E-state index contributed by atoms with van der Waals surface area (Å²) in [6.45, 7) is 4.34. The standard InChI is InChI=1S/C22H27NO2/c1-2-25-21-13-11-18(12-14-21)16-22(24)23-15-7-6-10-20(17-23)19-8-4-3-5-9-19/h3-5,8-9,11-14,20H,2,6-7,10,15-17H2,1H3. The van der Waals surface area contributed by atoms with Crippen LogP contribution < -0.4 is 4.74 Å². The Bertz CT molecular complexity index is 666. The van der Waals surface area contributed by atoms with Crippen LogP contribution in [0.3, 0.4) is 0 Å². The summed E-state index contributed by atoms with van der Waals surface area (Å²) in [6, 6.07) is 18.5. The van der Waals surface area contributed by atoms with Crippen molar-refractivity contribution < 1.29 is 9.53 Å². The molecule has 0 saturated carbocycles. The minimum atomic E-state index is 0.229. The van der Waals surface area contributed by atoms with Crippen molar-refractivity contribution >= 4 is 5.91 Å². The maximum atomic E-state index is 12.8. The van der Waals surface area contributed by atoms with E-state index in [-0.39, 0.29) is 5.91 Å². The minimum absolute atomic E-state index is 0.229. The quantitative estimate of drug-likeness (QED) is 0.808. The molecule has 1 saturated heterocycles. The highest BCUT2D eigenvalue weighted by Gasteiger charge is 2.23. The summed E-state index contributed by atoms with van der Waals surface area (Å²) in [7, 11) is 0. The zero-order chi connectivity index (χ0) is 17.5. The van der Waals surface area contributed by atoms with Crippen LogP contribution >= 0.6 is 0 Å². The third kappa shape index (κ3) is 4.85. The van der Waals surface area contributed by atoms with E-state index >= 15 is 0 Å². The van der Waals surface area contributed by atoms with E-state index in [0.717, 1.165) is 37.2 Å². The van der Waals surface area contributed by atoms with Gasteiger partial charge in [0.25, 0.3) is 0 Å². The van der Waals surface area contributed by atoms with E-state index in [9.17, 15) is 4.79 Å². The van der Waals surface area contributed by atoms with Gasteiger partial charge < -0.3 is 9.64 Å². The number of ether oxygens (including phenoxy) is 1. The molecule has 1 heterocycles. The lowest BCUT2D eigenvalue weighted by molar-refractivity contribution is -0.130. The zero-order valence-corrected chi connectivity index (χ0v) is 15.0. The molecule has 1 aliphatic heterocycles. The van der Waals surface area contributed by atoms with Gasteiger partial charge in [0.15, 0.2) is 0 Å². The number of carbonyl (C=O) groups is 1. The first-order valence-corrected chi connectivity index (χ1v) is 9.30. The van der Waals surface area contributed by atoms with E-state index in [1.165, 1.54) is 12.0 Å². The van der Waals surface area contributed by atoms with Crippen molar-refractivity contribution in [2.45, 2.75) is 38.5 Å². The fourth-order valence-electron chi connectivity index (χ4n) is 3.52. The highest BCUT2D eigenvalue weighted by Crippen LogP contribution is 2.26. The summed E-state index contributed by atoms with van der Waals surface area (Å²) >= 11 is 0. The van der Waals surface area contributed by atoms with E-state index in [1.807, 2.05) is 31.2 Å². The van der Waals surface area contributed by atoms with Gasteiger partial charge in [-0.3, -0.25) is 4.79 Å². The van der Waals surface area contributed by atoms with Crippen LogP contribution in [0.5, 0.6) is 5.75 Å². The number of hydrogen-bond donors (Lipinski definition) is 0. The summed E-state index contributed by atoms with van der Waals surface area (Å²) in [5.41, 5.74) is 2.40. The first-order chi connectivity index (χ1) is 12.3. The molecule has 1 fully saturated rings. The first-order valence-electron chi connectivity index (χ1n) is 9.30. The molecule has 25 heavy (non-hydrogen) atoms. The van der Waals surface area contributed by atoms with E-state index in [4.69, 9.17) is 4.74 Å². The van der Waals surface area contributed by atoms with Crippen LogP contribution in [0.25, 0.3) is 0 Å². The summed E-state index contributed by atoms with van der Waals surface area (Å²) in [5.74, 6) is 1.54. The zero-order valence-electron chi connectivity index (χ0n) is 15.0. The van der Waals surface area contributed by atoms with Gasteiger partial charge in [0.1, 0.15) is 5.75 Å². The summed E-state index contributed by atoms with van der Waals surface area (Å²) in [4.78, 5) is 14.9. The van der Waals surface area contributed by atoms with Crippen molar-refractivity contribution in [1.82, 2.24) is 4.90 Å². The molecule has 1 atom stereocenters. The Morgan fingerprint density at radius 3 is 2.56 bits per heavy atom. The summed E-state index contributed by atoms with van der Waals surface area (Å²) in [6.07, 6.45) is 3.91. The van der Waals surface area contributed by atoms with Crippen molar-refractivity contribution in [3.63, 3.8) is 0 Å². The van der Waals surface area contributed by atoms with Gasteiger partial charge in [-0.05, 0) is 43.0 Å². The molecule has 0 N–H and O–H groups in total. The Kier molecular flexibility index (Phi) is 6.10. The molecule has 0 aliphatic carbocycles. The van der Waals surface area contributed by atoms with Crippen LogP contribution in [-0.2, 0) is 11.2 Å². The molecule has 0 aromatic heterocycles. The molecule has 2 aromatic carbocycles. The maximum absolute atomic E-state index is 12.8. The van der Waals surface area contributed by atoms with Crippen LogP contribution in [0.15, 0.2) is 54.6 Å². The fraction of sp³-hybridized carbons (Fsp3) is 0.409. The van der Waals surface area contributed by atoms with Gasteiger partial charge in [0.05, 0.1) is 13.0 Å². The summed E-state index contributed by atoms with van der Waals surface area (Å²) < 4.78 is 5.47. The number of hydrogen-bond acceptors (Lipinski definition) is 2. The molecule has 2 aromatic rings. The third-order valence-electron chi connectivity index (χ3n) is 4.88. The van der Waals surface area contributed by atoms with E-state index in [0.29, 0.717) is 18.9 Å². The second kappa shape index (κ2) is 8.70. The molecule has 1 unspecified atom stereocenters. The van der Waals surface area contributed by atoms with Gasteiger partial charge in [-0.2, -0.15) is 0 Å².